The van der Waals surface area contributed by atoms with E-state index in [0.29, 0.717) is 6.04 Å². The number of likely N-dealkylation sites (N-methyl/N-ethyl adjacent to an activating group) is 1. The molecule has 3 rings (SSSR count). The van der Waals surface area contributed by atoms with E-state index < -0.39 is 0 Å². The van der Waals surface area contributed by atoms with E-state index in [1.54, 1.807) is 6.20 Å². The van der Waals surface area contributed by atoms with Gasteiger partial charge in [0.25, 0.3) is 0 Å². The van der Waals surface area contributed by atoms with Crippen LogP contribution in [0.15, 0.2) is 6.20 Å². The van der Waals surface area contributed by atoms with E-state index in [2.05, 4.69) is 37.3 Å². The summed E-state index contributed by atoms with van der Waals surface area (Å²) in [6, 6.07) is 0.546. The maximum Gasteiger partial charge on any atom is 0.247 e. The monoisotopic (exact) mass is 290 g/mol. The molecule has 1 N–H and O–H groups in total. The van der Waals surface area contributed by atoms with Crippen molar-refractivity contribution in [2.75, 3.05) is 43.4 Å². The first-order valence-electron chi connectivity index (χ1n) is 8.21. The van der Waals surface area contributed by atoms with Crippen molar-refractivity contribution in [1.29, 1.82) is 0 Å². The van der Waals surface area contributed by atoms with Gasteiger partial charge in [-0.3, -0.25) is 0 Å². The predicted molar refractivity (Wildman–Crippen MR) is 84.6 cm³/mol. The molecule has 0 atom stereocenters. The average Bonchev–Trinajstić information content (AvgIpc) is 2.77. The van der Waals surface area contributed by atoms with Crippen molar-refractivity contribution in [3.8, 4) is 0 Å². The molecule has 1 aromatic rings. The minimum Gasteiger partial charge on any atom is -0.366 e. The van der Waals surface area contributed by atoms with Gasteiger partial charge in [0.2, 0.25) is 5.95 Å². The molecule has 2 fully saturated rings. The third kappa shape index (κ3) is 4.03. The number of hydrogen-bond acceptors (Lipinski definition) is 6. The normalized spacial score (nSPS) is 22.0. The number of rotatable bonds is 3. The van der Waals surface area contributed by atoms with Crippen molar-refractivity contribution >= 4 is 11.8 Å². The Morgan fingerprint density at radius 1 is 1.05 bits per heavy atom. The lowest BCUT2D eigenvalue weighted by Gasteiger charge is -2.32. The van der Waals surface area contributed by atoms with Gasteiger partial charge in [-0.1, -0.05) is 25.7 Å². The topological polar surface area (TPSA) is 57.2 Å². The van der Waals surface area contributed by atoms with E-state index >= 15 is 0 Å². The minimum atomic E-state index is 0.546. The molecule has 2 heterocycles. The molecule has 0 unspecified atom stereocenters. The van der Waals surface area contributed by atoms with Gasteiger partial charge in [-0.2, -0.15) is 10.1 Å². The molecule has 1 saturated heterocycles. The van der Waals surface area contributed by atoms with Crippen LogP contribution in [0.25, 0.3) is 0 Å². The highest BCUT2D eigenvalue weighted by molar-refractivity contribution is 5.40. The number of hydrogen-bond donors (Lipinski definition) is 1. The molecule has 0 bridgehead atoms. The maximum atomic E-state index is 4.67. The molecule has 21 heavy (non-hydrogen) atoms. The van der Waals surface area contributed by atoms with Gasteiger partial charge in [0.05, 0.1) is 6.20 Å². The molecule has 0 radical (unpaired) electrons. The van der Waals surface area contributed by atoms with Crippen LogP contribution in [0.2, 0.25) is 0 Å². The Balaban J connectivity index is 1.62. The van der Waals surface area contributed by atoms with Gasteiger partial charge in [0.15, 0.2) is 5.82 Å². The Bertz CT molecular complexity index is 436. The second-order valence-corrected chi connectivity index (χ2v) is 6.26. The second kappa shape index (κ2) is 7.02. The van der Waals surface area contributed by atoms with Gasteiger partial charge in [0, 0.05) is 32.2 Å². The molecule has 1 aliphatic heterocycles. The van der Waals surface area contributed by atoms with Crippen molar-refractivity contribution < 1.29 is 0 Å². The lowest BCUT2D eigenvalue weighted by atomic mass is 10.1. The molecule has 1 aliphatic carbocycles. The van der Waals surface area contributed by atoms with E-state index in [9.17, 15) is 0 Å². The summed E-state index contributed by atoms with van der Waals surface area (Å²) >= 11 is 0. The Labute approximate surface area is 126 Å². The van der Waals surface area contributed by atoms with Crippen LogP contribution in [0.4, 0.5) is 11.8 Å². The Kier molecular flexibility index (Phi) is 4.85. The predicted octanol–water partition coefficient (Wildman–Crippen LogP) is 1.76. The number of nitrogens with zero attached hydrogens (tertiary/aromatic N) is 5. The Hall–Kier alpha value is -1.43. The fourth-order valence-corrected chi connectivity index (χ4v) is 3.14. The van der Waals surface area contributed by atoms with E-state index in [1.165, 1.54) is 38.5 Å². The summed E-state index contributed by atoms with van der Waals surface area (Å²) < 4.78 is 0. The summed E-state index contributed by atoms with van der Waals surface area (Å²) in [5.41, 5.74) is 0. The van der Waals surface area contributed by atoms with Crippen LogP contribution >= 0.6 is 0 Å². The van der Waals surface area contributed by atoms with Crippen LogP contribution in [-0.4, -0.2) is 59.3 Å². The smallest absolute Gasteiger partial charge is 0.247 e. The Morgan fingerprint density at radius 3 is 2.48 bits per heavy atom. The first-order chi connectivity index (χ1) is 10.3. The summed E-state index contributed by atoms with van der Waals surface area (Å²) in [6.07, 6.45) is 9.62. The van der Waals surface area contributed by atoms with Crippen molar-refractivity contribution in [2.24, 2.45) is 0 Å². The molecule has 6 heteroatoms. The second-order valence-electron chi connectivity index (χ2n) is 6.26. The number of anilines is 2. The van der Waals surface area contributed by atoms with Crippen LogP contribution in [0.5, 0.6) is 0 Å². The average molecular weight is 290 g/mol. The van der Waals surface area contributed by atoms with Gasteiger partial charge in [0.1, 0.15) is 0 Å². The van der Waals surface area contributed by atoms with E-state index in [0.717, 1.165) is 37.9 Å². The summed E-state index contributed by atoms with van der Waals surface area (Å²) in [7, 11) is 2.15. The summed E-state index contributed by atoms with van der Waals surface area (Å²) in [4.78, 5) is 9.23. The molecular weight excluding hydrogens is 264 g/mol. The zero-order valence-electron chi connectivity index (χ0n) is 13.0. The van der Waals surface area contributed by atoms with Crippen molar-refractivity contribution in [2.45, 2.75) is 44.6 Å². The van der Waals surface area contributed by atoms with Crippen LogP contribution in [0.1, 0.15) is 38.5 Å². The van der Waals surface area contributed by atoms with Crippen LogP contribution in [0.3, 0.4) is 0 Å². The van der Waals surface area contributed by atoms with Crippen molar-refractivity contribution in [3.05, 3.63) is 6.20 Å². The van der Waals surface area contributed by atoms with Gasteiger partial charge < -0.3 is 15.1 Å². The largest absolute Gasteiger partial charge is 0.366 e. The zero-order chi connectivity index (χ0) is 14.5. The molecule has 1 saturated carbocycles. The summed E-state index contributed by atoms with van der Waals surface area (Å²) in [5, 5.41) is 11.9. The minimum absolute atomic E-state index is 0.546. The van der Waals surface area contributed by atoms with E-state index in [1.807, 2.05) is 0 Å². The molecular formula is C15H26N6. The molecule has 0 spiro atoms. The third-order valence-corrected chi connectivity index (χ3v) is 4.54. The number of aromatic nitrogens is 3. The maximum absolute atomic E-state index is 4.67. The lowest BCUT2D eigenvalue weighted by Crippen LogP contribution is -2.45. The summed E-state index contributed by atoms with van der Waals surface area (Å²) in [6.45, 7) is 4.07. The molecule has 0 amide bonds. The van der Waals surface area contributed by atoms with Gasteiger partial charge in [-0.15, -0.1) is 5.10 Å². The van der Waals surface area contributed by atoms with Crippen molar-refractivity contribution in [1.82, 2.24) is 20.1 Å². The van der Waals surface area contributed by atoms with E-state index in [-0.39, 0.29) is 0 Å². The molecule has 116 valence electrons. The SMILES string of the molecule is CN1CCN(c2nncc(NC3CCCCCC3)n2)CC1. The highest BCUT2D eigenvalue weighted by Crippen LogP contribution is 2.20. The highest BCUT2D eigenvalue weighted by Gasteiger charge is 2.18. The Morgan fingerprint density at radius 2 is 1.76 bits per heavy atom. The fraction of sp³-hybridized carbons (Fsp3) is 0.800. The fourth-order valence-electron chi connectivity index (χ4n) is 3.14. The quantitative estimate of drug-likeness (QED) is 0.856. The standard InChI is InChI=1S/C15H26N6/c1-20-8-10-21(11-9-20)15-18-14(12-16-19-15)17-13-6-4-2-3-5-7-13/h12-13H,2-11H2,1H3,(H,17,18,19). The number of nitrogens with one attached hydrogen (secondary N) is 1. The van der Waals surface area contributed by atoms with Crippen LogP contribution < -0.4 is 10.2 Å². The van der Waals surface area contributed by atoms with E-state index in [4.69, 9.17) is 0 Å². The summed E-state index contributed by atoms with van der Waals surface area (Å²) in [5.74, 6) is 1.65. The highest BCUT2D eigenvalue weighted by atomic mass is 15.4. The molecule has 6 nitrogen and oxygen atoms in total. The first kappa shape index (κ1) is 14.5. The van der Waals surface area contributed by atoms with Gasteiger partial charge >= 0.3 is 0 Å². The van der Waals surface area contributed by atoms with Crippen LogP contribution in [0, 0.1) is 0 Å². The molecule has 0 aromatic carbocycles. The van der Waals surface area contributed by atoms with Crippen LogP contribution in [-0.2, 0) is 0 Å². The third-order valence-electron chi connectivity index (χ3n) is 4.54. The molecule has 1 aromatic heterocycles. The first-order valence-corrected chi connectivity index (χ1v) is 8.21. The zero-order valence-corrected chi connectivity index (χ0v) is 13.0. The number of piperazine rings is 1. The van der Waals surface area contributed by atoms with Crippen molar-refractivity contribution in [3.63, 3.8) is 0 Å². The molecule has 2 aliphatic rings. The van der Waals surface area contributed by atoms with Gasteiger partial charge in [-0.25, -0.2) is 0 Å². The lowest BCUT2D eigenvalue weighted by molar-refractivity contribution is 0.311. The van der Waals surface area contributed by atoms with Gasteiger partial charge in [-0.05, 0) is 19.9 Å².